The van der Waals surface area contributed by atoms with Crippen LogP contribution in [-0.2, 0) is 19.1 Å². The fourth-order valence-corrected chi connectivity index (χ4v) is 7.09. The zero-order valence-corrected chi connectivity index (χ0v) is 23.4. The van der Waals surface area contributed by atoms with Gasteiger partial charge < -0.3 is 25.4 Å². The van der Waals surface area contributed by atoms with Gasteiger partial charge in [-0.3, -0.25) is 14.4 Å². The number of aryl methyl sites for hydroxylation is 2. The Morgan fingerprint density at radius 3 is 2.46 bits per heavy atom. The normalized spacial score (nSPS) is 30.0. The lowest BCUT2D eigenvalue weighted by Crippen LogP contribution is -2.56. The summed E-state index contributed by atoms with van der Waals surface area (Å²) in [5.74, 6) is -2.34. The predicted molar refractivity (Wildman–Crippen MR) is 149 cm³/mol. The van der Waals surface area contributed by atoms with Gasteiger partial charge in [0.25, 0.3) is 0 Å². The third-order valence-electron chi connectivity index (χ3n) is 8.79. The first-order valence-corrected chi connectivity index (χ1v) is 13.9. The molecule has 0 aliphatic carbocycles. The van der Waals surface area contributed by atoms with Gasteiger partial charge in [-0.15, -0.1) is 0 Å². The number of benzene rings is 2. The van der Waals surface area contributed by atoms with E-state index in [1.54, 1.807) is 17.0 Å². The quantitative estimate of drug-likeness (QED) is 0.475. The first-order chi connectivity index (χ1) is 18.5. The van der Waals surface area contributed by atoms with Gasteiger partial charge >= 0.3 is 0 Å². The Labute approximate surface area is 230 Å². The molecule has 2 aromatic rings. The largest absolute Gasteiger partial charge is 0.394 e. The second-order valence-corrected chi connectivity index (χ2v) is 12.1. The smallest absolute Gasteiger partial charge is 0.250 e. The minimum atomic E-state index is -1.16. The molecule has 8 nitrogen and oxygen atoms in total. The number of ether oxygens (including phenoxy) is 1. The van der Waals surface area contributed by atoms with Gasteiger partial charge in [-0.05, 0) is 75.3 Å². The second kappa shape index (κ2) is 10.1. The number of aliphatic hydroxyl groups excluding tert-OH is 1. The van der Waals surface area contributed by atoms with E-state index in [1.807, 2.05) is 71.0 Å². The predicted octanol–water partition coefficient (Wildman–Crippen LogP) is 4.05. The molecule has 3 heterocycles. The zero-order chi connectivity index (χ0) is 28.1. The highest BCUT2D eigenvalue weighted by Gasteiger charge is 2.78. The van der Waals surface area contributed by atoms with Crippen LogP contribution in [0.3, 0.4) is 0 Å². The van der Waals surface area contributed by atoms with Crippen molar-refractivity contribution in [1.29, 1.82) is 0 Å². The third kappa shape index (κ3) is 4.53. The molecule has 3 saturated heterocycles. The van der Waals surface area contributed by atoms with Gasteiger partial charge in [-0.1, -0.05) is 44.2 Å². The highest BCUT2D eigenvalue weighted by Crippen LogP contribution is 2.63. The number of hydrogen-bond acceptors (Lipinski definition) is 5. The second-order valence-electron chi connectivity index (χ2n) is 12.1. The number of anilines is 2. The lowest BCUT2D eigenvalue weighted by molar-refractivity contribution is -0.147. The molecule has 8 heteroatoms. The number of fused-ring (bicyclic) bond motifs is 1. The number of carbonyl (C=O) groups excluding carboxylic acids is 3. The number of para-hydroxylation sites is 1. The van der Waals surface area contributed by atoms with Crippen LogP contribution in [0.1, 0.15) is 51.2 Å². The van der Waals surface area contributed by atoms with Gasteiger partial charge in [0.15, 0.2) is 0 Å². The number of nitrogens with zero attached hydrogens (tertiary/aromatic N) is 1. The van der Waals surface area contributed by atoms with E-state index < -0.39 is 35.1 Å². The number of likely N-dealkylation sites (tertiary alicyclic amines) is 1. The number of amides is 3. The molecule has 3 aliphatic rings. The average Bonchev–Trinajstić information content (AvgIpc) is 3.46. The van der Waals surface area contributed by atoms with E-state index in [1.165, 1.54) is 0 Å². The summed E-state index contributed by atoms with van der Waals surface area (Å²) in [6.45, 7) is 9.52. The number of hydrogen-bond donors (Lipinski definition) is 3. The molecular formula is C31H39N3O5. The standard InChI is InChI=1S/C31H39N3O5/c1-18(2)15-22(17-35)34-26(28(37)33-23-16-19(3)11-12-20(23)4)31-14-13-30(5,39-31)24(25(31)29(34)38)27(36)32-21-9-7-6-8-10-21/h6-12,16,18,22,24-26,35H,13-15,17H2,1-5H3,(H,32,36)(H,33,37)/t22-,24+,25+,26?,30-,31?/m1/s1. The maximum atomic E-state index is 14.3. The number of nitrogens with one attached hydrogen (secondary N) is 2. The maximum Gasteiger partial charge on any atom is 0.250 e. The molecule has 3 N–H and O–H groups in total. The summed E-state index contributed by atoms with van der Waals surface area (Å²) in [6.07, 6.45) is 1.56. The van der Waals surface area contributed by atoms with Crippen LogP contribution in [-0.4, -0.2) is 57.6 Å². The van der Waals surface area contributed by atoms with Crippen LogP contribution in [0.15, 0.2) is 48.5 Å². The van der Waals surface area contributed by atoms with Crippen molar-refractivity contribution in [2.24, 2.45) is 17.8 Å². The lowest BCUT2D eigenvalue weighted by atomic mass is 9.66. The molecule has 5 rings (SSSR count). The van der Waals surface area contributed by atoms with Crippen molar-refractivity contribution in [3.8, 4) is 0 Å². The van der Waals surface area contributed by atoms with Crippen molar-refractivity contribution in [3.63, 3.8) is 0 Å². The summed E-state index contributed by atoms with van der Waals surface area (Å²) in [6, 6.07) is 13.4. The van der Waals surface area contributed by atoms with Crippen molar-refractivity contribution in [1.82, 2.24) is 4.90 Å². The molecule has 39 heavy (non-hydrogen) atoms. The molecule has 3 amide bonds. The van der Waals surface area contributed by atoms with Crippen molar-refractivity contribution in [2.45, 2.75) is 77.2 Å². The fraction of sp³-hybridized carbons (Fsp3) is 0.516. The fourth-order valence-electron chi connectivity index (χ4n) is 7.09. The first kappa shape index (κ1) is 27.3. The molecule has 0 radical (unpaired) electrons. The van der Waals surface area contributed by atoms with Crippen LogP contribution in [0.4, 0.5) is 11.4 Å². The van der Waals surface area contributed by atoms with E-state index in [0.717, 1.165) is 11.1 Å². The molecule has 3 fully saturated rings. The molecule has 3 aliphatic heterocycles. The SMILES string of the molecule is Cc1ccc(C)c(NC(=O)C2N([C@@H](CO)CC(C)C)C(=O)[C@@H]3[C@@H](C(=O)Nc4ccccc4)[C@@]4(C)CCC23O4)c1. The molecule has 6 atom stereocenters. The number of rotatable bonds is 8. The molecular weight excluding hydrogens is 494 g/mol. The van der Waals surface area contributed by atoms with Crippen molar-refractivity contribution >= 4 is 29.1 Å². The zero-order valence-electron chi connectivity index (χ0n) is 23.4. The van der Waals surface area contributed by atoms with Gasteiger partial charge in [-0.25, -0.2) is 0 Å². The van der Waals surface area contributed by atoms with E-state index in [-0.39, 0.29) is 30.2 Å². The summed E-state index contributed by atoms with van der Waals surface area (Å²) in [5, 5.41) is 16.5. The van der Waals surface area contributed by atoms with Crippen LogP contribution in [0.2, 0.25) is 0 Å². The molecule has 1 spiro atoms. The lowest BCUT2D eigenvalue weighted by Gasteiger charge is -2.37. The van der Waals surface area contributed by atoms with Crippen LogP contribution in [0.25, 0.3) is 0 Å². The van der Waals surface area contributed by atoms with Crippen LogP contribution in [0, 0.1) is 31.6 Å². The molecule has 0 aromatic heterocycles. The molecule has 0 saturated carbocycles. The maximum absolute atomic E-state index is 14.3. The van der Waals surface area contributed by atoms with Gasteiger partial charge in [0.1, 0.15) is 11.6 Å². The molecule has 2 unspecified atom stereocenters. The Morgan fingerprint density at radius 2 is 1.79 bits per heavy atom. The van der Waals surface area contributed by atoms with Gasteiger partial charge in [0.05, 0.1) is 30.1 Å². The topological polar surface area (TPSA) is 108 Å². The van der Waals surface area contributed by atoms with E-state index in [9.17, 15) is 19.5 Å². The minimum Gasteiger partial charge on any atom is -0.394 e. The van der Waals surface area contributed by atoms with Crippen molar-refractivity contribution in [3.05, 3.63) is 59.7 Å². The number of carbonyl (C=O) groups is 3. The Morgan fingerprint density at radius 1 is 1.08 bits per heavy atom. The molecule has 2 aromatic carbocycles. The van der Waals surface area contributed by atoms with Gasteiger partial charge in [0, 0.05) is 11.4 Å². The van der Waals surface area contributed by atoms with E-state index in [0.29, 0.717) is 30.6 Å². The van der Waals surface area contributed by atoms with E-state index >= 15 is 0 Å². The summed E-state index contributed by atoms with van der Waals surface area (Å²) in [4.78, 5) is 43.8. The molecule has 2 bridgehead atoms. The van der Waals surface area contributed by atoms with Crippen molar-refractivity contribution in [2.75, 3.05) is 17.2 Å². The highest BCUT2D eigenvalue weighted by atomic mass is 16.5. The van der Waals surface area contributed by atoms with Crippen molar-refractivity contribution < 1.29 is 24.2 Å². The van der Waals surface area contributed by atoms with E-state index in [2.05, 4.69) is 10.6 Å². The average molecular weight is 534 g/mol. The van der Waals surface area contributed by atoms with Gasteiger partial charge in [-0.2, -0.15) is 0 Å². The first-order valence-electron chi connectivity index (χ1n) is 13.9. The Kier molecular flexibility index (Phi) is 7.06. The van der Waals surface area contributed by atoms with Gasteiger partial charge in [0.2, 0.25) is 17.7 Å². The Bertz CT molecular complexity index is 1280. The summed E-state index contributed by atoms with van der Waals surface area (Å²) in [5.41, 5.74) is 1.19. The third-order valence-corrected chi connectivity index (χ3v) is 8.79. The summed E-state index contributed by atoms with van der Waals surface area (Å²) in [7, 11) is 0. The molecule has 208 valence electrons. The Balaban J connectivity index is 1.56. The van der Waals surface area contributed by atoms with Crippen LogP contribution in [0.5, 0.6) is 0 Å². The van der Waals surface area contributed by atoms with E-state index in [4.69, 9.17) is 4.74 Å². The summed E-state index contributed by atoms with van der Waals surface area (Å²) >= 11 is 0. The number of aliphatic hydroxyl groups is 1. The highest BCUT2D eigenvalue weighted by molar-refractivity contribution is 6.05. The minimum absolute atomic E-state index is 0.183. The van der Waals surface area contributed by atoms with Crippen LogP contribution < -0.4 is 10.6 Å². The Hall–Kier alpha value is -3.23. The summed E-state index contributed by atoms with van der Waals surface area (Å²) < 4.78 is 6.70. The van der Waals surface area contributed by atoms with Crippen LogP contribution >= 0.6 is 0 Å². The monoisotopic (exact) mass is 533 g/mol.